The molecule has 0 radical (unpaired) electrons. The standard InChI is InChI=1S/C14H12F8OS/c15-8-10(16)13(19,20)14(21,22)12(17,18)6-7-24-11(23)9-4-2-1-3-5-9/h1-5,10H,6-8H2. The minimum absolute atomic E-state index is 0.115. The molecule has 0 aliphatic rings. The van der Waals surface area contributed by atoms with Crippen molar-refractivity contribution in [1.29, 1.82) is 0 Å². The van der Waals surface area contributed by atoms with Crippen LogP contribution in [0.1, 0.15) is 16.8 Å². The van der Waals surface area contributed by atoms with E-state index >= 15 is 0 Å². The van der Waals surface area contributed by atoms with E-state index in [9.17, 15) is 39.9 Å². The van der Waals surface area contributed by atoms with Crippen LogP contribution in [0.25, 0.3) is 0 Å². The zero-order chi connectivity index (χ0) is 18.6. The van der Waals surface area contributed by atoms with E-state index in [4.69, 9.17) is 0 Å². The zero-order valence-corrected chi connectivity index (χ0v) is 12.7. The van der Waals surface area contributed by atoms with Crippen LogP contribution in [-0.2, 0) is 0 Å². The first-order valence-corrected chi connectivity index (χ1v) is 7.51. The van der Waals surface area contributed by atoms with Gasteiger partial charge in [-0.25, -0.2) is 8.78 Å². The number of rotatable bonds is 8. The third-order valence-electron chi connectivity index (χ3n) is 3.07. The van der Waals surface area contributed by atoms with Crippen molar-refractivity contribution in [3.8, 4) is 0 Å². The Morgan fingerprint density at radius 2 is 1.58 bits per heavy atom. The van der Waals surface area contributed by atoms with Gasteiger partial charge in [0.2, 0.25) is 5.12 Å². The van der Waals surface area contributed by atoms with Crippen LogP contribution < -0.4 is 0 Å². The number of hydrogen-bond donors (Lipinski definition) is 0. The van der Waals surface area contributed by atoms with Gasteiger partial charge in [0.1, 0.15) is 6.67 Å². The smallest absolute Gasteiger partial charge is 0.282 e. The van der Waals surface area contributed by atoms with E-state index in [-0.39, 0.29) is 17.3 Å². The second kappa shape index (κ2) is 7.71. The van der Waals surface area contributed by atoms with E-state index in [1.54, 1.807) is 6.07 Å². The first-order chi connectivity index (χ1) is 11.0. The molecular weight excluding hydrogens is 368 g/mol. The molecule has 0 heterocycles. The van der Waals surface area contributed by atoms with Crippen molar-refractivity contribution in [3.05, 3.63) is 35.9 Å². The van der Waals surface area contributed by atoms with Crippen molar-refractivity contribution in [2.24, 2.45) is 0 Å². The third-order valence-corrected chi connectivity index (χ3v) is 3.97. The molecule has 1 rings (SSSR count). The van der Waals surface area contributed by atoms with Gasteiger partial charge in [0, 0.05) is 17.7 Å². The van der Waals surface area contributed by atoms with Crippen LogP contribution in [0.3, 0.4) is 0 Å². The first-order valence-electron chi connectivity index (χ1n) is 6.53. The zero-order valence-electron chi connectivity index (χ0n) is 11.9. The Hall–Kier alpha value is -1.32. The predicted molar refractivity (Wildman–Crippen MR) is 73.6 cm³/mol. The molecule has 1 aromatic rings. The molecule has 0 N–H and O–H groups in total. The summed E-state index contributed by atoms with van der Waals surface area (Å²) in [5, 5.41) is -0.714. The molecule has 0 saturated heterocycles. The summed E-state index contributed by atoms with van der Waals surface area (Å²) in [6, 6.07) is 7.25. The Morgan fingerprint density at radius 3 is 2.08 bits per heavy atom. The highest BCUT2D eigenvalue weighted by Gasteiger charge is 2.74. The monoisotopic (exact) mass is 380 g/mol. The number of carbonyl (C=O) groups excluding carboxylic acids is 1. The van der Waals surface area contributed by atoms with Gasteiger partial charge in [-0.1, -0.05) is 42.1 Å². The average molecular weight is 380 g/mol. The molecule has 0 fully saturated rings. The summed E-state index contributed by atoms with van der Waals surface area (Å²) in [7, 11) is 0. The molecule has 0 spiro atoms. The molecule has 1 atom stereocenters. The Balaban J connectivity index is 2.73. The fourth-order valence-corrected chi connectivity index (χ4v) is 2.47. The number of hydrogen-bond acceptors (Lipinski definition) is 2. The highest BCUT2D eigenvalue weighted by molar-refractivity contribution is 8.14. The fourth-order valence-electron chi connectivity index (χ4n) is 1.62. The van der Waals surface area contributed by atoms with Crippen molar-refractivity contribution >= 4 is 16.9 Å². The number of halogens is 8. The summed E-state index contributed by atoms with van der Waals surface area (Å²) in [4.78, 5) is 11.6. The van der Waals surface area contributed by atoms with Gasteiger partial charge in [-0.15, -0.1) is 0 Å². The van der Waals surface area contributed by atoms with Crippen LogP contribution in [0.4, 0.5) is 35.1 Å². The van der Waals surface area contributed by atoms with Crippen molar-refractivity contribution in [2.75, 3.05) is 12.4 Å². The van der Waals surface area contributed by atoms with Crippen LogP contribution in [0, 0.1) is 0 Å². The molecule has 1 aromatic carbocycles. The SMILES string of the molecule is O=C(SCCC(F)(F)C(F)(F)C(F)(F)C(F)CF)c1ccccc1. The lowest BCUT2D eigenvalue weighted by molar-refractivity contribution is -0.325. The largest absolute Gasteiger partial charge is 0.375 e. The Labute approximate surface area is 136 Å². The van der Waals surface area contributed by atoms with Crippen LogP contribution in [0.5, 0.6) is 0 Å². The van der Waals surface area contributed by atoms with E-state index in [2.05, 4.69) is 0 Å². The fraction of sp³-hybridized carbons (Fsp3) is 0.500. The maximum atomic E-state index is 13.4. The average Bonchev–Trinajstić information content (AvgIpc) is 2.54. The molecule has 0 aliphatic heterocycles. The minimum Gasteiger partial charge on any atom is -0.282 e. The maximum absolute atomic E-state index is 13.4. The van der Waals surface area contributed by atoms with Crippen LogP contribution in [-0.4, -0.2) is 41.5 Å². The van der Waals surface area contributed by atoms with Gasteiger partial charge in [-0.3, -0.25) is 4.79 Å². The van der Waals surface area contributed by atoms with E-state index in [1.807, 2.05) is 0 Å². The summed E-state index contributed by atoms with van der Waals surface area (Å²) in [5.74, 6) is -18.2. The second-order valence-corrected chi connectivity index (χ2v) is 5.84. The minimum atomic E-state index is -6.10. The topological polar surface area (TPSA) is 17.1 Å². The molecule has 0 aliphatic carbocycles. The van der Waals surface area contributed by atoms with Crippen molar-refractivity contribution in [1.82, 2.24) is 0 Å². The van der Waals surface area contributed by atoms with Crippen LogP contribution in [0.2, 0.25) is 0 Å². The number of benzene rings is 1. The van der Waals surface area contributed by atoms with Gasteiger partial charge in [-0.05, 0) is 0 Å². The molecule has 0 aromatic heterocycles. The van der Waals surface area contributed by atoms with Crippen molar-refractivity contribution in [2.45, 2.75) is 30.4 Å². The van der Waals surface area contributed by atoms with E-state index in [0.717, 1.165) is 0 Å². The molecular formula is C14H12F8OS. The highest BCUT2D eigenvalue weighted by Crippen LogP contribution is 2.49. The van der Waals surface area contributed by atoms with Crippen molar-refractivity contribution < 1.29 is 39.9 Å². The Bertz CT molecular complexity index is 549. The van der Waals surface area contributed by atoms with Crippen LogP contribution >= 0.6 is 11.8 Å². The first kappa shape index (κ1) is 20.7. The predicted octanol–water partition coefficient (Wildman–Crippen LogP) is 5.16. The molecule has 1 unspecified atom stereocenters. The highest BCUT2D eigenvalue weighted by atomic mass is 32.2. The molecule has 1 nitrogen and oxygen atoms in total. The van der Waals surface area contributed by atoms with Gasteiger partial charge >= 0.3 is 17.8 Å². The molecule has 24 heavy (non-hydrogen) atoms. The molecule has 0 amide bonds. The molecule has 10 heteroatoms. The van der Waals surface area contributed by atoms with Crippen LogP contribution in [0.15, 0.2) is 30.3 Å². The summed E-state index contributed by atoms with van der Waals surface area (Å²) in [5.41, 5.74) is 0.115. The number of carbonyl (C=O) groups is 1. The molecule has 136 valence electrons. The summed E-state index contributed by atoms with van der Waals surface area (Å²) >= 11 is 0.232. The van der Waals surface area contributed by atoms with Gasteiger partial charge < -0.3 is 0 Å². The Morgan fingerprint density at radius 1 is 1.04 bits per heavy atom. The van der Waals surface area contributed by atoms with Gasteiger partial charge in [0.15, 0.2) is 6.17 Å². The second-order valence-electron chi connectivity index (χ2n) is 4.78. The normalized spacial score (nSPS) is 14.5. The van der Waals surface area contributed by atoms with Gasteiger partial charge in [0.05, 0.1) is 0 Å². The molecule has 0 bridgehead atoms. The summed E-state index contributed by atoms with van der Waals surface area (Å²) in [6.45, 7) is -2.53. The summed E-state index contributed by atoms with van der Waals surface area (Å²) in [6.07, 6.45) is -5.87. The Kier molecular flexibility index (Phi) is 6.66. The number of alkyl halides is 8. The maximum Gasteiger partial charge on any atom is 0.375 e. The van der Waals surface area contributed by atoms with E-state index in [1.165, 1.54) is 24.3 Å². The van der Waals surface area contributed by atoms with Gasteiger partial charge in [0.25, 0.3) is 0 Å². The van der Waals surface area contributed by atoms with Crippen molar-refractivity contribution in [3.63, 3.8) is 0 Å². The lowest BCUT2D eigenvalue weighted by Gasteiger charge is -2.33. The lowest BCUT2D eigenvalue weighted by atomic mass is 9.99. The van der Waals surface area contributed by atoms with E-state index < -0.39 is 47.9 Å². The quantitative estimate of drug-likeness (QED) is 0.580. The summed E-state index contributed by atoms with van der Waals surface area (Å²) < 4.78 is 104. The number of thioether (sulfide) groups is 1. The molecule has 0 saturated carbocycles. The third kappa shape index (κ3) is 4.20. The van der Waals surface area contributed by atoms with Gasteiger partial charge in [-0.2, -0.15) is 26.3 Å². The lowest BCUT2D eigenvalue weighted by Crippen LogP contribution is -2.59. The van der Waals surface area contributed by atoms with E-state index in [0.29, 0.717) is 0 Å².